The van der Waals surface area contributed by atoms with E-state index in [0.29, 0.717) is 19.3 Å². The minimum absolute atomic E-state index is 0.0727. The van der Waals surface area contributed by atoms with E-state index in [2.05, 4.69) is 45.1 Å². The Labute approximate surface area is 366 Å². The van der Waals surface area contributed by atoms with Crippen LogP contribution in [-0.2, 0) is 28.6 Å². The van der Waals surface area contributed by atoms with Gasteiger partial charge in [0.1, 0.15) is 13.2 Å². The molecule has 346 valence electrons. The second kappa shape index (κ2) is 48.6. The molecular formula is C53H98O6. The SMILES string of the molecule is CCCCCCC=CCCCCCCCCCC(=O)OCC(COC(=O)CCCCCCCC=CCCCCCCCC)OC(=O)CCCCCCCCCCCCC. The summed E-state index contributed by atoms with van der Waals surface area (Å²) in [6, 6.07) is 0. The van der Waals surface area contributed by atoms with Crippen LogP contribution in [0.15, 0.2) is 24.3 Å². The standard InChI is InChI=1S/C53H98O6/c1-4-7-10-13-16-19-22-24-26-28-31-33-36-39-42-45-51(54)57-48-50(59-53(56)47-44-41-38-35-30-21-18-15-12-9-6-3)49-58-52(55)46-43-40-37-34-32-29-27-25-23-20-17-14-11-8-5-2/h19,22,25,27,50H,4-18,20-21,23-24,26,28-49H2,1-3H3. The smallest absolute Gasteiger partial charge is 0.306 e. The summed E-state index contributed by atoms with van der Waals surface area (Å²) in [7, 11) is 0. The van der Waals surface area contributed by atoms with Crippen LogP contribution in [0.25, 0.3) is 0 Å². The highest BCUT2D eigenvalue weighted by Gasteiger charge is 2.19. The largest absolute Gasteiger partial charge is 0.462 e. The van der Waals surface area contributed by atoms with Crippen molar-refractivity contribution in [3.63, 3.8) is 0 Å². The van der Waals surface area contributed by atoms with Crippen molar-refractivity contribution >= 4 is 17.9 Å². The molecular weight excluding hydrogens is 733 g/mol. The Morgan fingerprint density at radius 1 is 0.322 bits per heavy atom. The van der Waals surface area contributed by atoms with Crippen molar-refractivity contribution in [3.05, 3.63) is 24.3 Å². The number of rotatable bonds is 47. The molecule has 0 aliphatic carbocycles. The number of hydrogen-bond donors (Lipinski definition) is 0. The first-order valence-electron chi connectivity index (χ1n) is 25.8. The molecule has 0 aliphatic rings. The van der Waals surface area contributed by atoms with Crippen molar-refractivity contribution < 1.29 is 28.6 Å². The van der Waals surface area contributed by atoms with Crippen LogP contribution in [0, 0.1) is 0 Å². The lowest BCUT2D eigenvalue weighted by Crippen LogP contribution is -2.30. The van der Waals surface area contributed by atoms with Crippen molar-refractivity contribution in [2.75, 3.05) is 13.2 Å². The average Bonchev–Trinajstić information content (AvgIpc) is 3.23. The van der Waals surface area contributed by atoms with Gasteiger partial charge in [-0.1, -0.05) is 212 Å². The maximum atomic E-state index is 12.8. The van der Waals surface area contributed by atoms with Gasteiger partial charge >= 0.3 is 17.9 Å². The van der Waals surface area contributed by atoms with E-state index in [1.165, 1.54) is 173 Å². The molecule has 0 radical (unpaired) electrons. The highest BCUT2D eigenvalue weighted by Crippen LogP contribution is 2.15. The van der Waals surface area contributed by atoms with Crippen LogP contribution in [-0.4, -0.2) is 37.2 Å². The molecule has 6 nitrogen and oxygen atoms in total. The van der Waals surface area contributed by atoms with Gasteiger partial charge in [-0.05, 0) is 70.6 Å². The maximum Gasteiger partial charge on any atom is 0.306 e. The molecule has 0 bridgehead atoms. The predicted molar refractivity (Wildman–Crippen MR) is 252 cm³/mol. The minimum atomic E-state index is -0.770. The van der Waals surface area contributed by atoms with E-state index >= 15 is 0 Å². The first-order chi connectivity index (χ1) is 29.0. The first kappa shape index (κ1) is 56.9. The van der Waals surface area contributed by atoms with Gasteiger partial charge in [0.25, 0.3) is 0 Å². The zero-order chi connectivity index (χ0) is 43.0. The zero-order valence-corrected chi connectivity index (χ0v) is 39.5. The van der Waals surface area contributed by atoms with E-state index in [4.69, 9.17) is 14.2 Å². The molecule has 6 heteroatoms. The van der Waals surface area contributed by atoms with E-state index in [0.717, 1.165) is 64.2 Å². The van der Waals surface area contributed by atoms with Crippen LogP contribution in [0.3, 0.4) is 0 Å². The molecule has 1 unspecified atom stereocenters. The molecule has 0 aliphatic heterocycles. The molecule has 1 atom stereocenters. The Morgan fingerprint density at radius 2 is 0.559 bits per heavy atom. The van der Waals surface area contributed by atoms with Gasteiger partial charge in [-0.15, -0.1) is 0 Å². The lowest BCUT2D eigenvalue weighted by Gasteiger charge is -2.18. The van der Waals surface area contributed by atoms with E-state index in [9.17, 15) is 14.4 Å². The van der Waals surface area contributed by atoms with Crippen molar-refractivity contribution in [2.24, 2.45) is 0 Å². The molecule has 0 saturated heterocycles. The number of carbonyl (C=O) groups excluding carboxylic acids is 3. The van der Waals surface area contributed by atoms with Gasteiger partial charge in [0.2, 0.25) is 0 Å². The van der Waals surface area contributed by atoms with E-state index in [-0.39, 0.29) is 31.1 Å². The quantitative estimate of drug-likeness (QED) is 0.0263. The van der Waals surface area contributed by atoms with Crippen LogP contribution in [0.2, 0.25) is 0 Å². The van der Waals surface area contributed by atoms with Crippen molar-refractivity contribution in [3.8, 4) is 0 Å². The third-order valence-corrected chi connectivity index (χ3v) is 11.4. The summed E-state index contributed by atoms with van der Waals surface area (Å²) in [4.78, 5) is 37.9. The highest BCUT2D eigenvalue weighted by atomic mass is 16.6. The Balaban J connectivity index is 4.33. The average molecular weight is 831 g/mol. The van der Waals surface area contributed by atoms with E-state index in [1.807, 2.05) is 0 Å². The highest BCUT2D eigenvalue weighted by molar-refractivity contribution is 5.71. The second-order valence-electron chi connectivity index (χ2n) is 17.4. The van der Waals surface area contributed by atoms with Crippen LogP contribution in [0.1, 0.15) is 278 Å². The fourth-order valence-corrected chi connectivity index (χ4v) is 7.49. The lowest BCUT2D eigenvalue weighted by atomic mass is 10.1. The lowest BCUT2D eigenvalue weighted by molar-refractivity contribution is -0.167. The second-order valence-corrected chi connectivity index (χ2v) is 17.4. The summed E-state index contributed by atoms with van der Waals surface area (Å²) in [6.07, 6.45) is 54.4. The Kier molecular flexibility index (Phi) is 46.8. The molecule has 0 heterocycles. The predicted octanol–water partition coefficient (Wildman–Crippen LogP) is 16.8. The monoisotopic (exact) mass is 831 g/mol. The topological polar surface area (TPSA) is 78.9 Å². The molecule has 0 aromatic carbocycles. The van der Waals surface area contributed by atoms with Gasteiger partial charge in [-0.25, -0.2) is 0 Å². The number of hydrogen-bond acceptors (Lipinski definition) is 6. The Bertz CT molecular complexity index is 958. The molecule has 59 heavy (non-hydrogen) atoms. The fraction of sp³-hybridized carbons (Fsp3) is 0.868. The molecule has 0 N–H and O–H groups in total. The number of allylic oxidation sites excluding steroid dienone is 4. The molecule has 0 aromatic heterocycles. The van der Waals surface area contributed by atoms with Crippen LogP contribution >= 0.6 is 0 Å². The van der Waals surface area contributed by atoms with Gasteiger partial charge in [-0.2, -0.15) is 0 Å². The normalized spacial score (nSPS) is 12.1. The van der Waals surface area contributed by atoms with Crippen LogP contribution in [0.4, 0.5) is 0 Å². The van der Waals surface area contributed by atoms with Crippen molar-refractivity contribution in [1.29, 1.82) is 0 Å². The summed E-state index contributed by atoms with van der Waals surface area (Å²) < 4.78 is 16.8. The number of ether oxygens (including phenoxy) is 3. The van der Waals surface area contributed by atoms with Gasteiger partial charge in [0, 0.05) is 19.3 Å². The molecule has 0 rings (SSSR count). The molecule has 0 saturated carbocycles. The van der Waals surface area contributed by atoms with Crippen LogP contribution in [0.5, 0.6) is 0 Å². The van der Waals surface area contributed by atoms with E-state index < -0.39 is 6.10 Å². The van der Waals surface area contributed by atoms with Gasteiger partial charge in [-0.3, -0.25) is 14.4 Å². The minimum Gasteiger partial charge on any atom is -0.462 e. The number of unbranched alkanes of at least 4 members (excludes halogenated alkanes) is 32. The van der Waals surface area contributed by atoms with Gasteiger partial charge in [0.15, 0.2) is 6.10 Å². The van der Waals surface area contributed by atoms with Gasteiger partial charge < -0.3 is 14.2 Å². The van der Waals surface area contributed by atoms with E-state index in [1.54, 1.807) is 0 Å². The van der Waals surface area contributed by atoms with Crippen molar-refractivity contribution in [2.45, 2.75) is 284 Å². The molecule has 0 aromatic rings. The van der Waals surface area contributed by atoms with Crippen LogP contribution < -0.4 is 0 Å². The first-order valence-corrected chi connectivity index (χ1v) is 25.8. The van der Waals surface area contributed by atoms with Gasteiger partial charge in [0.05, 0.1) is 0 Å². The molecule has 0 spiro atoms. The maximum absolute atomic E-state index is 12.8. The Hall–Kier alpha value is -2.11. The number of carbonyl (C=O) groups is 3. The third kappa shape index (κ3) is 46.8. The molecule has 0 fully saturated rings. The fourth-order valence-electron chi connectivity index (χ4n) is 7.49. The zero-order valence-electron chi connectivity index (χ0n) is 39.5. The third-order valence-electron chi connectivity index (χ3n) is 11.4. The molecule has 0 amide bonds. The van der Waals surface area contributed by atoms with Crippen molar-refractivity contribution in [1.82, 2.24) is 0 Å². The summed E-state index contributed by atoms with van der Waals surface area (Å²) in [6.45, 7) is 6.62. The number of esters is 3. The summed E-state index contributed by atoms with van der Waals surface area (Å²) in [5, 5.41) is 0. The summed E-state index contributed by atoms with van der Waals surface area (Å²) in [5.41, 5.74) is 0. The summed E-state index contributed by atoms with van der Waals surface area (Å²) in [5.74, 6) is -0.874. The Morgan fingerprint density at radius 3 is 0.864 bits per heavy atom. The summed E-state index contributed by atoms with van der Waals surface area (Å²) >= 11 is 0.